The average Bonchev–Trinajstić information content (AvgIpc) is 2.83. The molecule has 2 rings (SSSR count). The molecule has 1 unspecified atom stereocenters. The number of hydrogen-bond donors (Lipinski definition) is 4. The Morgan fingerprint density at radius 2 is 2.05 bits per heavy atom. The van der Waals surface area contributed by atoms with Gasteiger partial charge in [0.15, 0.2) is 6.61 Å². The third kappa shape index (κ3) is 4.68. The third-order valence-electron chi connectivity index (χ3n) is 2.79. The van der Waals surface area contributed by atoms with Gasteiger partial charge in [-0.3, -0.25) is 4.79 Å². The van der Waals surface area contributed by atoms with Crippen LogP contribution in [0.1, 0.15) is 6.42 Å². The van der Waals surface area contributed by atoms with E-state index in [4.69, 9.17) is 9.84 Å². The fourth-order valence-corrected chi connectivity index (χ4v) is 1.84. The first-order valence-corrected chi connectivity index (χ1v) is 6.32. The predicted molar refractivity (Wildman–Crippen MR) is 73.1 cm³/mol. The Kier molecular flexibility index (Phi) is 4.60. The number of carbonyl (C=O) groups is 3. The van der Waals surface area contributed by atoms with E-state index in [1.54, 1.807) is 24.3 Å². The molecule has 8 nitrogen and oxygen atoms in total. The van der Waals surface area contributed by atoms with E-state index in [1.165, 1.54) is 0 Å². The lowest BCUT2D eigenvalue weighted by molar-refractivity contribution is -0.139. The molecule has 1 atom stereocenters. The fraction of sp³-hybridized carbons (Fsp3) is 0.308. The third-order valence-corrected chi connectivity index (χ3v) is 2.79. The van der Waals surface area contributed by atoms with Crippen LogP contribution in [0.5, 0.6) is 5.75 Å². The van der Waals surface area contributed by atoms with E-state index in [1.807, 2.05) is 0 Å². The number of carboxylic acid groups (broad SMARTS) is 1. The van der Waals surface area contributed by atoms with Gasteiger partial charge in [-0.1, -0.05) is 0 Å². The van der Waals surface area contributed by atoms with Crippen LogP contribution in [-0.2, 0) is 9.59 Å². The normalized spacial score (nSPS) is 17.0. The first kappa shape index (κ1) is 14.6. The molecule has 0 aliphatic carbocycles. The second-order valence-electron chi connectivity index (χ2n) is 4.51. The maximum absolute atomic E-state index is 11.7. The molecule has 0 radical (unpaired) electrons. The van der Waals surface area contributed by atoms with Crippen LogP contribution in [0.15, 0.2) is 24.3 Å². The second kappa shape index (κ2) is 6.60. The number of aliphatic carboxylic acids is 1. The van der Waals surface area contributed by atoms with E-state index in [-0.39, 0.29) is 18.4 Å². The lowest BCUT2D eigenvalue weighted by Crippen LogP contribution is -2.39. The zero-order chi connectivity index (χ0) is 15.2. The van der Waals surface area contributed by atoms with Gasteiger partial charge in [0.1, 0.15) is 5.75 Å². The fourth-order valence-electron chi connectivity index (χ4n) is 1.84. The van der Waals surface area contributed by atoms with Gasteiger partial charge in [0.05, 0.1) is 6.04 Å². The van der Waals surface area contributed by atoms with E-state index in [9.17, 15) is 14.4 Å². The van der Waals surface area contributed by atoms with Crippen molar-refractivity contribution < 1.29 is 24.2 Å². The summed E-state index contributed by atoms with van der Waals surface area (Å²) in [5, 5.41) is 16.4. The van der Waals surface area contributed by atoms with Crippen LogP contribution in [0, 0.1) is 0 Å². The number of amides is 3. The van der Waals surface area contributed by atoms with Crippen molar-refractivity contribution in [2.24, 2.45) is 0 Å². The van der Waals surface area contributed by atoms with Crippen molar-refractivity contribution in [1.29, 1.82) is 0 Å². The molecule has 1 fully saturated rings. The molecule has 1 aromatic carbocycles. The highest BCUT2D eigenvalue weighted by atomic mass is 16.5. The first-order valence-electron chi connectivity index (χ1n) is 6.32. The van der Waals surface area contributed by atoms with Gasteiger partial charge >= 0.3 is 12.0 Å². The Morgan fingerprint density at radius 1 is 1.33 bits per heavy atom. The lowest BCUT2D eigenvalue weighted by atomic mass is 10.2. The van der Waals surface area contributed by atoms with Gasteiger partial charge in [-0.05, 0) is 24.3 Å². The average molecular weight is 293 g/mol. The van der Waals surface area contributed by atoms with Crippen LogP contribution < -0.4 is 20.7 Å². The van der Waals surface area contributed by atoms with Gasteiger partial charge in [0.25, 0.3) is 0 Å². The number of anilines is 1. The standard InChI is InChI=1S/C13H15N3O5/c17-11-5-9(6-14-11)16-13(20)15-8-1-3-10(4-2-8)21-7-12(18)19/h1-4,9H,5-7H2,(H,14,17)(H,18,19)(H2,15,16,20). The minimum absolute atomic E-state index is 0.0831. The summed E-state index contributed by atoms with van der Waals surface area (Å²) in [5.74, 6) is -0.745. The summed E-state index contributed by atoms with van der Waals surface area (Å²) in [6.45, 7) is 0.00416. The Balaban J connectivity index is 1.80. The molecule has 0 aromatic heterocycles. The largest absolute Gasteiger partial charge is 0.482 e. The maximum Gasteiger partial charge on any atom is 0.341 e. The number of carboxylic acids is 1. The van der Waals surface area contributed by atoms with E-state index in [0.717, 1.165) is 0 Å². The van der Waals surface area contributed by atoms with E-state index >= 15 is 0 Å². The van der Waals surface area contributed by atoms with Gasteiger partial charge in [0.2, 0.25) is 5.91 Å². The summed E-state index contributed by atoms with van der Waals surface area (Å²) in [6, 6.07) is 5.67. The number of urea groups is 1. The maximum atomic E-state index is 11.7. The number of rotatable bonds is 5. The molecular weight excluding hydrogens is 278 g/mol. The molecular formula is C13H15N3O5. The van der Waals surface area contributed by atoms with Gasteiger partial charge < -0.3 is 25.8 Å². The molecule has 112 valence electrons. The molecule has 0 bridgehead atoms. The molecule has 1 saturated heterocycles. The molecule has 1 aliphatic heterocycles. The van der Waals surface area contributed by atoms with Crippen molar-refractivity contribution in [1.82, 2.24) is 10.6 Å². The van der Waals surface area contributed by atoms with Gasteiger partial charge in [0, 0.05) is 18.7 Å². The SMILES string of the molecule is O=C(O)COc1ccc(NC(=O)NC2CNC(=O)C2)cc1. The number of benzene rings is 1. The molecule has 3 amide bonds. The second-order valence-corrected chi connectivity index (χ2v) is 4.51. The first-order chi connectivity index (χ1) is 10.0. The smallest absolute Gasteiger partial charge is 0.341 e. The molecule has 1 aliphatic rings. The van der Waals surface area contributed by atoms with Crippen molar-refractivity contribution in [3.05, 3.63) is 24.3 Å². The minimum atomic E-state index is -1.06. The number of hydrogen-bond acceptors (Lipinski definition) is 4. The molecule has 8 heteroatoms. The Morgan fingerprint density at radius 3 is 2.62 bits per heavy atom. The Hall–Kier alpha value is -2.77. The summed E-state index contributed by atoms with van der Waals surface area (Å²) in [4.78, 5) is 33.1. The van der Waals surface area contributed by atoms with E-state index in [2.05, 4.69) is 16.0 Å². The van der Waals surface area contributed by atoms with Crippen molar-refractivity contribution in [2.45, 2.75) is 12.5 Å². The lowest BCUT2D eigenvalue weighted by Gasteiger charge is -2.12. The molecule has 1 heterocycles. The summed E-state index contributed by atoms with van der Waals surface area (Å²) in [7, 11) is 0. The van der Waals surface area contributed by atoms with Gasteiger partial charge in [-0.2, -0.15) is 0 Å². The highest BCUT2D eigenvalue weighted by molar-refractivity contribution is 5.90. The molecule has 0 saturated carbocycles. The van der Waals surface area contributed by atoms with Crippen molar-refractivity contribution in [3.8, 4) is 5.75 Å². The minimum Gasteiger partial charge on any atom is -0.482 e. The van der Waals surface area contributed by atoms with Crippen LogP contribution in [0.4, 0.5) is 10.5 Å². The monoisotopic (exact) mass is 293 g/mol. The molecule has 0 spiro atoms. The molecule has 1 aromatic rings. The zero-order valence-corrected chi connectivity index (χ0v) is 11.1. The van der Waals surface area contributed by atoms with Crippen molar-refractivity contribution in [2.75, 3.05) is 18.5 Å². The summed E-state index contributed by atoms with van der Waals surface area (Å²) < 4.78 is 4.97. The molecule has 4 N–H and O–H groups in total. The zero-order valence-electron chi connectivity index (χ0n) is 11.1. The van der Waals surface area contributed by atoms with Gasteiger partial charge in [-0.15, -0.1) is 0 Å². The number of carbonyl (C=O) groups excluding carboxylic acids is 2. The van der Waals surface area contributed by atoms with Gasteiger partial charge in [-0.25, -0.2) is 9.59 Å². The van der Waals surface area contributed by atoms with E-state index < -0.39 is 18.6 Å². The van der Waals surface area contributed by atoms with Crippen molar-refractivity contribution in [3.63, 3.8) is 0 Å². The van der Waals surface area contributed by atoms with Crippen LogP contribution in [-0.4, -0.2) is 42.2 Å². The summed E-state index contributed by atoms with van der Waals surface area (Å²) >= 11 is 0. The summed E-state index contributed by atoms with van der Waals surface area (Å²) in [6.07, 6.45) is 0.273. The highest BCUT2D eigenvalue weighted by Gasteiger charge is 2.22. The van der Waals surface area contributed by atoms with Crippen LogP contribution in [0.2, 0.25) is 0 Å². The van der Waals surface area contributed by atoms with Crippen LogP contribution >= 0.6 is 0 Å². The number of ether oxygens (including phenoxy) is 1. The van der Waals surface area contributed by atoms with Crippen molar-refractivity contribution >= 4 is 23.6 Å². The molecule has 21 heavy (non-hydrogen) atoms. The quantitative estimate of drug-likeness (QED) is 0.617. The Bertz CT molecular complexity index is 543. The predicted octanol–water partition coefficient (Wildman–Crippen LogP) is 0.160. The van der Waals surface area contributed by atoms with E-state index in [0.29, 0.717) is 18.0 Å². The highest BCUT2D eigenvalue weighted by Crippen LogP contribution is 2.15. The Labute approximate surface area is 120 Å². The van der Waals surface area contributed by atoms with Crippen LogP contribution in [0.3, 0.4) is 0 Å². The van der Waals surface area contributed by atoms with Crippen LogP contribution in [0.25, 0.3) is 0 Å². The number of nitrogens with one attached hydrogen (secondary N) is 3. The topological polar surface area (TPSA) is 117 Å². The summed E-state index contributed by atoms with van der Waals surface area (Å²) in [5.41, 5.74) is 0.535.